The van der Waals surface area contributed by atoms with Crippen molar-refractivity contribution in [3.05, 3.63) is 59.4 Å². The van der Waals surface area contributed by atoms with E-state index in [0.29, 0.717) is 22.8 Å². The first kappa shape index (κ1) is 15.7. The molecule has 0 spiro atoms. The van der Waals surface area contributed by atoms with Gasteiger partial charge in [0, 0.05) is 0 Å². The van der Waals surface area contributed by atoms with Crippen LogP contribution in [-0.2, 0) is 10.0 Å². The summed E-state index contributed by atoms with van der Waals surface area (Å²) in [6.45, 7) is 7.83. The molecule has 0 saturated heterocycles. The topological polar surface area (TPSA) is 52.0 Å². The highest BCUT2D eigenvalue weighted by Gasteiger charge is 2.22. The smallest absolute Gasteiger partial charge is 0.232 e. The van der Waals surface area contributed by atoms with E-state index in [0.717, 1.165) is 11.1 Å². The average molecular weight is 328 g/mol. The first-order valence-electron chi connectivity index (χ1n) is 7.62. The molecule has 3 aromatic rings. The first-order chi connectivity index (χ1) is 10.8. The van der Waals surface area contributed by atoms with Crippen LogP contribution in [0.4, 0.5) is 0 Å². The second kappa shape index (κ2) is 5.49. The van der Waals surface area contributed by atoms with Gasteiger partial charge in [-0.25, -0.2) is 17.4 Å². The van der Waals surface area contributed by atoms with Crippen LogP contribution in [-0.4, -0.2) is 17.4 Å². The van der Waals surface area contributed by atoms with Gasteiger partial charge in [0.05, 0.1) is 15.9 Å². The van der Waals surface area contributed by atoms with Crippen LogP contribution in [0.3, 0.4) is 0 Å². The summed E-state index contributed by atoms with van der Waals surface area (Å²) in [4.78, 5) is 4.68. The van der Waals surface area contributed by atoms with E-state index in [2.05, 4.69) is 18.8 Å². The number of rotatable bonds is 3. The largest absolute Gasteiger partial charge is 0.269 e. The molecule has 0 aliphatic carbocycles. The molecule has 0 amide bonds. The highest BCUT2D eigenvalue weighted by atomic mass is 32.2. The van der Waals surface area contributed by atoms with E-state index in [9.17, 15) is 8.42 Å². The van der Waals surface area contributed by atoms with Crippen molar-refractivity contribution in [2.75, 3.05) is 0 Å². The molecule has 0 atom stereocenters. The molecule has 0 unspecified atom stereocenters. The van der Waals surface area contributed by atoms with E-state index < -0.39 is 10.0 Å². The van der Waals surface area contributed by atoms with E-state index in [-0.39, 0.29) is 4.90 Å². The Morgan fingerprint density at radius 1 is 1.00 bits per heavy atom. The summed E-state index contributed by atoms with van der Waals surface area (Å²) in [6, 6.07) is 12.7. The number of benzene rings is 2. The lowest BCUT2D eigenvalue weighted by atomic mass is 10.0. The van der Waals surface area contributed by atoms with Crippen LogP contribution in [0.1, 0.15) is 36.7 Å². The zero-order valence-electron chi connectivity index (χ0n) is 13.7. The van der Waals surface area contributed by atoms with E-state index in [1.165, 1.54) is 3.97 Å². The van der Waals surface area contributed by atoms with Crippen molar-refractivity contribution in [2.45, 2.75) is 38.5 Å². The van der Waals surface area contributed by atoms with Crippen molar-refractivity contribution >= 4 is 21.1 Å². The monoisotopic (exact) mass is 328 g/mol. The van der Waals surface area contributed by atoms with E-state index in [4.69, 9.17) is 0 Å². The van der Waals surface area contributed by atoms with Gasteiger partial charge in [-0.15, -0.1) is 0 Å². The van der Waals surface area contributed by atoms with Gasteiger partial charge in [0.1, 0.15) is 5.82 Å². The standard InChI is InChI=1S/C18H20N2O2S/c1-12(2)15-7-10-17-18(11-15)20(14(4)19-17)23(21,22)16-8-5-13(3)6-9-16/h5-12H,1-4H3. The van der Waals surface area contributed by atoms with E-state index in [1.54, 1.807) is 31.2 Å². The molecule has 2 aromatic carbocycles. The number of nitrogens with zero attached hydrogens (tertiary/aromatic N) is 2. The Hall–Kier alpha value is -2.14. The number of aryl methyl sites for hydroxylation is 2. The molecular formula is C18H20N2O2S. The molecule has 0 aliphatic heterocycles. The highest BCUT2D eigenvalue weighted by Crippen LogP contribution is 2.26. The fourth-order valence-corrected chi connectivity index (χ4v) is 4.15. The van der Waals surface area contributed by atoms with Crippen LogP contribution in [0.15, 0.2) is 47.4 Å². The molecule has 4 nitrogen and oxygen atoms in total. The number of hydrogen-bond acceptors (Lipinski definition) is 3. The Labute approximate surface area is 136 Å². The van der Waals surface area contributed by atoms with Crippen molar-refractivity contribution in [3.8, 4) is 0 Å². The lowest BCUT2D eigenvalue weighted by Gasteiger charge is -2.10. The Bertz CT molecular complexity index is 968. The van der Waals surface area contributed by atoms with Crippen LogP contribution >= 0.6 is 0 Å². The molecule has 0 aliphatic rings. The molecule has 3 rings (SSSR count). The predicted octanol–water partition coefficient (Wildman–Crippen LogP) is 4.01. The average Bonchev–Trinajstić information content (AvgIpc) is 2.83. The lowest BCUT2D eigenvalue weighted by Crippen LogP contribution is -2.14. The molecule has 1 heterocycles. The first-order valence-corrected chi connectivity index (χ1v) is 9.06. The summed E-state index contributed by atoms with van der Waals surface area (Å²) in [7, 11) is -3.66. The van der Waals surface area contributed by atoms with Gasteiger partial charge in [-0.2, -0.15) is 0 Å². The summed E-state index contributed by atoms with van der Waals surface area (Å²) < 4.78 is 27.4. The zero-order valence-corrected chi connectivity index (χ0v) is 14.6. The van der Waals surface area contributed by atoms with Crippen molar-refractivity contribution in [3.63, 3.8) is 0 Å². The van der Waals surface area contributed by atoms with E-state index >= 15 is 0 Å². The third-order valence-electron chi connectivity index (χ3n) is 4.02. The SMILES string of the molecule is Cc1ccc(S(=O)(=O)n2c(C)nc3ccc(C(C)C)cc32)cc1. The minimum Gasteiger partial charge on any atom is -0.232 e. The molecule has 0 radical (unpaired) electrons. The molecule has 120 valence electrons. The Kier molecular flexibility index (Phi) is 3.76. The minimum atomic E-state index is -3.66. The van der Waals surface area contributed by atoms with Gasteiger partial charge in [-0.05, 0) is 49.6 Å². The van der Waals surface area contributed by atoms with Crippen LogP contribution in [0.25, 0.3) is 11.0 Å². The van der Waals surface area contributed by atoms with Crippen molar-refractivity contribution < 1.29 is 8.42 Å². The van der Waals surface area contributed by atoms with Crippen molar-refractivity contribution in [1.82, 2.24) is 8.96 Å². The lowest BCUT2D eigenvalue weighted by molar-refractivity contribution is 0.587. The van der Waals surface area contributed by atoms with Crippen LogP contribution in [0.5, 0.6) is 0 Å². The molecular weight excluding hydrogens is 308 g/mol. The van der Waals surface area contributed by atoms with Crippen LogP contribution in [0.2, 0.25) is 0 Å². The second-order valence-corrected chi connectivity index (χ2v) is 7.93. The van der Waals surface area contributed by atoms with Gasteiger partial charge in [0.15, 0.2) is 0 Å². The number of imidazole rings is 1. The molecule has 0 saturated carbocycles. The fraction of sp³-hybridized carbons (Fsp3) is 0.278. The van der Waals surface area contributed by atoms with Gasteiger partial charge in [-0.1, -0.05) is 37.6 Å². The molecule has 0 bridgehead atoms. The maximum atomic E-state index is 13.0. The van der Waals surface area contributed by atoms with Crippen molar-refractivity contribution in [1.29, 1.82) is 0 Å². The second-order valence-electron chi connectivity index (χ2n) is 6.14. The van der Waals surface area contributed by atoms with Crippen molar-refractivity contribution in [2.24, 2.45) is 0 Å². The Balaban J connectivity index is 2.27. The third-order valence-corrected chi connectivity index (χ3v) is 5.83. The number of hydrogen-bond donors (Lipinski definition) is 0. The summed E-state index contributed by atoms with van der Waals surface area (Å²) in [5.74, 6) is 0.798. The maximum Gasteiger partial charge on any atom is 0.269 e. The van der Waals surface area contributed by atoms with Gasteiger partial charge in [-0.3, -0.25) is 0 Å². The number of fused-ring (bicyclic) bond motifs is 1. The predicted molar refractivity (Wildman–Crippen MR) is 92.3 cm³/mol. The van der Waals surface area contributed by atoms with Crippen LogP contribution in [0, 0.1) is 13.8 Å². The summed E-state index contributed by atoms with van der Waals surface area (Å²) in [5, 5.41) is 0. The summed E-state index contributed by atoms with van der Waals surface area (Å²) >= 11 is 0. The summed E-state index contributed by atoms with van der Waals surface area (Å²) in [6.07, 6.45) is 0. The molecule has 1 aromatic heterocycles. The maximum absolute atomic E-state index is 13.0. The third kappa shape index (κ3) is 2.65. The number of aromatic nitrogens is 2. The minimum absolute atomic E-state index is 0.278. The van der Waals surface area contributed by atoms with Gasteiger partial charge < -0.3 is 0 Å². The molecule has 5 heteroatoms. The molecule has 0 N–H and O–H groups in total. The van der Waals surface area contributed by atoms with Gasteiger partial charge in [0.2, 0.25) is 0 Å². The molecule has 23 heavy (non-hydrogen) atoms. The molecule has 0 fully saturated rings. The highest BCUT2D eigenvalue weighted by molar-refractivity contribution is 7.90. The quantitative estimate of drug-likeness (QED) is 0.730. The van der Waals surface area contributed by atoms with Crippen LogP contribution < -0.4 is 0 Å². The zero-order chi connectivity index (χ0) is 16.8. The Morgan fingerprint density at radius 3 is 2.26 bits per heavy atom. The Morgan fingerprint density at radius 2 is 1.65 bits per heavy atom. The fourth-order valence-electron chi connectivity index (χ4n) is 2.67. The van der Waals surface area contributed by atoms with Gasteiger partial charge in [0.25, 0.3) is 10.0 Å². The van der Waals surface area contributed by atoms with E-state index in [1.807, 2.05) is 25.1 Å². The summed E-state index contributed by atoms with van der Waals surface area (Å²) in [5.41, 5.74) is 3.45. The van der Waals surface area contributed by atoms with Gasteiger partial charge >= 0.3 is 0 Å². The normalized spacial score (nSPS) is 12.2.